The van der Waals surface area contributed by atoms with Crippen molar-refractivity contribution < 1.29 is 0 Å². The average Bonchev–Trinajstić information content (AvgIpc) is 2.85. The van der Waals surface area contributed by atoms with Crippen molar-refractivity contribution in [3.05, 3.63) is 70.2 Å². The number of fused-ring (bicyclic) bond motifs is 1. The third-order valence-electron chi connectivity index (χ3n) is 4.28. The van der Waals surface area contributed by atoms with Gasteiger partial charge in [0.1, 0.15) is 0 Å². The van der Waals surface area contributed by atoms with Gasteiger partial charge in [0, 0.05) is 31.6 Å². The van der Waals surface area contributed by atoms with Gasteiger partial charge in [0.15, 0.2) is 0 Å². The van der Waals surface area contributed by atoms with E-state index in [1.54, 1.807) is 29.3 Å². The highest BCUT2D eigenvalue weighted by molar-refractivity contribution is 5.93. The number of nitrogen functional groups attached to an aromatic ring is 1. The van der Waals surface area contributed by atoms with E-state index in [0.717, 1.165) is 27.9 Å². The first-order chi connectivity index (χ1) is 12.1. The number of aryl methyl sites for hydroxylation is 1. The largest absolute Gasteiger partial charge is 0.397 e. The number of rotatable bonds is 5. The van der Waals surface area contributed by atoms with E-state index in [1.165, 1.54) is 6.21 Å². The SMILES string of the molecule is CN/C(=C\C=N)c1cc(N)c2c(c1)n(Cc1ccccc1)c(=O)n2C. The Balaban J connectivity index is 2.25. The van der Waals surface area contributed by atoms with Crippen molar-refractivity contribution in [2.45, 2.75) is 6.54 Å². The van der Waals surface area contributed by atoms with Crippen LogP contribution >= 0.6 is 0 Å². The van der Waals surface area contributed by atoms with Crippen molar-refractivity contribution in [1.82, 2.24) is 14.5 Å². The van der Waals surface area contributed by atoms with E-state index >= 15 is 0 Å². The number of nitrogens with zero attached hydrogens (tertiary/aromatic N) is 2. The van der Waals surface area contributed by atoms with Crippen molar-refractivity contribution >= 4 is 28.6 Å². The number of aromatic nitrogens is 2. The summed E-state index contributed by atoms with van der Waals surface area (Å²) in [5.74, 6) is 0. The molecule has 6 nitrogen and oxygen atoms in total. The number of nitrogens with two attached hydrogens (primary N) is 1. The third kappa shape index (κ3) is 2.94. The molecule has 0 amide bonds. The molecule has 0 aliphatic carbocycles. The van der Waals surface area contributed by atoms with Crippen LogP contribution in [0.4, 0.5) is 5.69 Å². The van der Waals surface area contributed by atoms with Gasteiger partial charge in [-0.05, 0) is 23.8 Å². The Morgan fingerprint density at radius 2 is 2.00 bits per heavy atom. The molecule has 0 saturated heterocycles. The molecule has 4 N–H and O–H groups in total. The van der Waals surface area contributed by atoms with Gasteiger partial charge in [-0.1, -0.05) is 30.3 Å². The molecule has 3 aromatic rings. The second-order valence-electron chi connectivity index (χ2n) is 5.84. The number of imidazole rings is 1. The van der Waals surface area contributed by atoms with Crippen molar-refractivity contribution in [1.29, 1.82) is 5.41 Å². The highest BCUT2D eigenvalue weighted by Gasteiger charge is 2.15. The lowest BCUT2D eigenvalue weighted by molar-refractivity contribution is 0.736. The van der Waals surface area contributed by atoms with Gasteiger partial charge in [-0.3, -0.25) is 9.13 Å². The van der Waals surface area contributed by atoms with Crippen LogP contribution in [0.5, 0.6) is 0 Å². The Bertz CT molecular complexity index is 1010. The van der Waals surface area contributed by atoms with Crippen LogP contribution in [-0.2, 0) is 13.6 Å². The van der Waals surface area contributed by atoms with Gasteiger partial charge >= 0.3 is 5.69 Å². The smallest absolute Gasteiger partial charge is 0.329 e. The van der Waals surface area contributed by atoms with E-state index in [4.69, 9.17) is 11.1 Å². The summed E-state index contributed by atoms with van der Waals surface area (Å²) in [5, 5.41) is 10.4. The summed E-state index contributed by atoms with van der Waals surface area (Å²) in [6.45, 7) is 0.475. The predicted octanol–water partition coefficient (Wildman–Crippen LogP) is 2.18. The maximum absolute atomic E-state index is 12.7. The fourth-order valence-electron chi connectivity index (χ4n) is 3.07. The van der Waals surface area contributed by atoms with Gasteiger partial charge < -0.3 is 16.5 Å². The molecule has 25 heavy (non-hydrogen) atoms. The molecule has 1 heterocycles. The fourth-order valence-corrected chi connectivity index (χ4v) is 3.07. The first-order valence-corrected chi connectivity index (χ1v) is 7.98. The Morgan fingerprint density at radius 3 is 2.64 bits per heavy atom. The standard InChI is InChI=1S/C19H21N5O/c1-22-16(8-9-20)14-10-15(21)18-17(11-14)24(19(25)23(18)2)12-13-6-4-3-5-7-13/h3-11,20,22H,12,21H2,1-2H3/b16-8-,20-9?. The highest BCUT2D eigenvalue weighted by atomic mass is 16.1. The van der Waals surface area contributed by atoms with E-state index in [1.807, 2.05) is 42.5 Å². The molecule has 0 fully saturated rings. The Hall–Kier alpha value is -3.28. The van der Waals surface area contributed by atoms with Gasteiger partial charge in [-0.15, -0.1) is 0 Å². The molecule has 0 unspecified atom stereocenters. The molecule has 0 atom stereocenters. The van der Waals surface area contributed by atoms with Crippen LogP contribution in [-0.4, -0.2) is 22.4 Å². The zero-order valence-electron chi connectivity index (χ0n) is 14.3. The number of nitrogens with one attached hydrogen (secondary N) is 2. The molecule has 3 rings (SSSR count). The summed E-state index contributed by atoms with van der Waals surface area (Å²) in [6.07, 6.45) is 2.87. The molecule has 0 aliphatic rings. The lowest BCUT2D eigenvalue weighted by Crippen LogP contribution is -2.22. The van der Waals surface area contributed by atoms with E-state index in [2.05, 4.69) is 5.32 Å². The summed E-state index contributed by atoms with van der Waals surface area (Å²) >= 11 is 0. The molecule has 0 bridgehead atoms. The van der Waals surface area contributed by atoms with E-state index in [-0.39, 0.29) is 5.69 Å². The van der Waals surface area contributed by atoms with Gasteiger partial charge in [-0.2, -0.15) is 0 Å². The Labute approximate surface area is 145 Å². The predicted molar refractivity (Wildman–Crippen MR) is 103 cm³/mol. The van der Waals surface area contributed by atoms with Gasteiger partial charge in [0.05, 0.1) is 23.3 Å². The monoisotopic (exact) mass is 335 g/mol. The summed E-state index contributed by atoms with van der Waals surface area (Å²) in [5.41, 5.74) is 10.8. The maximum atomic E-state index is 12.7. The van der Waals surface area contributed by atoms with Crippen LogP contribution in [0.3, 0.4) is 0 Å². The highest BCUT2D eigenvalue weighted by Crippen LogP contribution is 2.25. The Kier molecular flexibility index (Phi) is 4.43. The minimum atomic E-state index is -0.107. The topological polar surface area (TPSA) is 88.8 Å². The maximum Gasteiger partial charge on any atom is 0.329 e. The quantitative estimate of drug-likeness (QED) is 0.493. The van der Waals surface area contributed by atoms with Crippen molar-refractivity contribution in [3.63, 3.8) is 0 Å². The average molecular weight is 335 g/mol. The van der Waals surface area contributed by atoms with Gasteiger partial charge in [0.25, 0.3) is 0 Å². The van der Waals surface area contributed by atoms with Crippen LogP contribution in [0, 0.1) is 5.41 Å². The lowest BCUT2D eigenvalue weighted by atomic mass is 10.1. The fraction of sp³-hybridized carbons (Fsp3) is 0.158. The van der Waals surface area contributed by atoms with E-state index < -0.39 is 0 Å². The molecule has 0 radical (unpaired) electrons. The van der Waals surface area contributed by atoms with Crippen LogP contribution in [0.15, 0.2) is 53.3 Å². The van der Waals surface area contributed by atoms with Crippen molar-refractivity contribution in [2.75, 3.05) is 12.8 Å². The molecular weight excluding hydrogens is 314 g/mol. The third-order valence-corrected chi connectivity index (χ3v) is 4.28. The number of anilines is 1. The van der Waals surface area contributed by atoms with Crippen LogP contribution in [0.2, 0.25) is 0 Å². The number of benzene rings is 2. The van der Waals surface area contributed by atoms with E-state index in [0.29, 0.717) is 12.2 Å². The molecular formula is C19H21N5O. The van der Waals surface area contributed by atoms with Crippen molar-refractivity contribution in [3.8, 4) is 0 Å². The molecule has 0 aliphatic heterocycles. The van der Waals surface area contributed by atoms with Gasteiger partial charge in [0.2, 0.25) is 0 Å². The lowest BCUT2D eigenvalue weighted by Gasteiger charge is -2.10. The zero-order valence-corrected chi connectivity index (χ0v) is 14.3. The van der Waals surface area contributed by atoms with Crippen LogP contribution in [0.1, 0.15) is 11.1 Å². The van der Waals surface area contributed by atoms with Crippen molar-refractivity contribution in [2.24, 2.45) is 7.05 Å². The molecule has 0 spiro atoms. The molecule has 128 valence electrons. The van der Waals surface area contributed by atoms with Gasteiger partial charge in [-0.25, -0.2) is 4.79 Å². The first-order valence-electron chi connectivity index (χ1n) is 7.98. The first kappa shape index (κ1) is 16.6. The molecule has 1 aromatic heterocycles. The van der Waals surface area contributed by atoms with Crippen LogP contribution < -0.4 is 16.7 Å². The number of allylic oxidation sites excluding steroid dienone is 1. The Morgan fingerprint density at radius 1 is 1.28 bits per heavy atom. The summed E-state index contributed by atoms with van der Waals surface area (Å²) < 4.78 is 3.30. The second kappa shape index (κ2) is 6.68. The summed E-state index contributed by atoms with van der Waals surface area (Å²) in [6, 6.07) is 13.6. The summed E-state index contributed by atoms with van der Waals surface area (Å²) in [4.78, 5) is 12.7. The normalized spacial score (nSPS) is 11.7. The minimum Gasteiger partial charge on any atom is -0.397 e. The molecule has 6 heteroatoms. The number of hydrogen-bond acceptors (Lipinski definition) is 4. The second-order valence-corrected chi connectivity index (χ2v) is 5.84. The molecule has 0 saturated carbocycles. The minimum absolute atomic E-state index is 0.107. The number of hydrogen-bond donors (Lipinski definition) is 3. The zero-order chi connectivity index (χ0) is 18.0. The summed E-state index contributed by atoms with van der Waals surface area (Å²) in [7, 11) is 3.52. The van der Waals surface area contributed by atoms with Crippen LogP contribution in [0.25, 0.3) is 16.7 Å². The van der Waals surface area contributed by atoms with E-state index in [9.17, 15) is 4.79 Å². The molecule has 2 aromatic carbocycles.